The zero-order valence-electron chi connectivity index (χ0n) is 21.8. The van der Waals surface area contributed by atoms with Crippen molar-refractivity contribution in [3.63, 3.8) is 0 Å². The van der Waals surface area contributed by atoms with Crippen molar-refractivity contribution in [1.29, 1.82) is 0 Å². The summed E-state index contributed by atoms with van der Waals surface area (Å²) in [5.74, 6) is 0.348. The second kappa shape index (κ2) is 13.0. The van der Waals surface area contributed by atoms with Crippen LogP contribution in [-0.4, -0.2) is 49.4 Å². The second-order valence-corrected chi connectivity index (χ2v) is 9.58. The lowest BCUT2D eigenvalue weighted by Crippen LogP contribution is -2.41. The molecule has 6 heteroatoms. The summed E-state index contributed by atoms with van der Waals surface area (Å²) in [5, 5.41) is 2.98. The van der Waals surface area contributed by atoms with E-state index in [0.29, 0.717) is 49.9 Å². The fourth-order valence-corrected chi connectivity index (χ4v) is 4.55. The van der Waals surface area contributed by atoms with E-state index in [1.807, 2.05) is 72.8 Å². The first-order valence-electron chi connectivity index (χ1n) is 13.2. The van der Waals surface area contributed by atoms with Crippen LogP contribution < -0.4 is 10.1 Å². The number of nitrogens with one attached hydrogen (secondary N) is 1. The third-order valence-corrected chi connectivity index (χ3v) is 6.71. The van der Waals surface area contributed by atoms with Gasteiger partial charge in [0.15, 0.2) is 5.78 Å². The molecule has 0 spiro atoms. The maximum atomic E-state index is 13.2. The van der Waals surface area contributed by atoms with Gasteiger partial charge in [-0.2, -0.15) is 0 Å². The third-order valence-electron chi connectivity index (χ3n) is 6.71. The molecule has 1 N–H and O–H groups in total. The molecule has 5 rings (SSSR count). The van der Waals surface area contributed by atoms with Gasteiger partial charge < -0.3 is 14.8 Å². The summed E-state index contributed by atoms with van der Waals surface area (Å²) in [6.07, 6.45) is 0.264. The monoisotopic (exact) mass is 520 g/mol. The van der Waals surface area contributed by atoms with E-state index < -0.39 is 0 Å². The van der Waals surface area contributed by atoms with Crippen molar-refractivity contribution < 1.29 is 19.1 Å². The normalized spacial score (nSPS) is 13.5. The molecule has 4 aromatic carbocycles. The van der Waals surface area contributed by atoms with E-state index in [0.717, 1.165) is 22.3 Å². The third kappa shape index (κ3) is 7.41. The summed E-state index contributed by atoms with van der Waals surface area (Å²) in [7, 11) is 0. The Morgan fingerprint density at radius 1 is 0.769 bits per heavy atom. The van der Waals surface area contributed by atoms with E-state index in [2.05, 4.69) is 22.3 Å². The first-order chi connectivity index (χ1) is 19.1. The van der Waals surface area contributed by atoms with Crippen LogP contribution >= 0.6 is 0 Å². The molecule has 0 aliphatic carbocycles. The minimum absolute atomic E-state index is 0.0271. The number of ketones is 1. The SMILES string of the molecule is O=C(CN1CCOCC1)Nc1cc(C(=O)Cc2ccc(-c3ccccc3)cc2)ccc1OCc1ccccc1. The van der Waals surface area contributed by atoms with Gasteiger partial charge in [-0.3, -0.25) is 14.5 Å². The molecule has 0 aromatic heterocycles. The van der Waals surface area contributed by atoms with Crippen molar-refractivity contribution in [2.24, 2.45) is 0 Å². The quantitative estimate of drug-likeness (QED) is 0.275. The van der Waals surface area contributed by atoms with Crippen molar-refractivity contribution in [2.45, 2.75) is 13.0 Å². The van der Waals surface area contributed by atoms with E-state index in [9.17, 15) is 9.59 Å². The number of carbonyl (C=O) groups excluding carboxylic acids is 2. The molecular formula is C33H32N2O4. The Labute approximate surface area is 229 Å². The average Bonchev–Trinajstić information content (AvgIpc) is 2.98. The van der Waals surface area contributed by atoms with Crippen LogP contribution in [0, 0.1) is 0 Å². The van der Waals surface area contributed by atoms with E-state index in [1.165, 1.54) is 0 Å². The summed E-state index contributed by atoms with van der Waals surface area (Å²) in [6.45, 7) is 3.28. The Kier molecular flexibility index (Phi) is 8.79. The maximum Gasteiger partial charge on any atom is 0.238 e. The van der Waals surface area contributed by atoms with Gasteiger partial charge in [0.1, 0.15) is 12.4 Å². The lowest BCUT2D eigenvalue weighted by molar-refractivity contribution is -0.118. The molecule has 4 aromatic rings. The molecule has 1 fully saturated rings. The summed E-state index contributed by atoms with van der Waals surface area (Å²) < 4.78 is 11.4. The first kappa shape index (κ1) is 26.4. The smallest absolute Gasteiger partial charge is 0.238 e. The molecule has 1 saturated heterocycles. The van der Waals surface area contributed by atoms with Gasteiger partial charge in [0.25, 0.3) is 0 Å². The Balaban J connectivity index is 1.30. The molecule has 1 aliphatic rings. The number of amides is 1. The predicted octanol–water partition coefficient (Wildman–Crippen LogP) is 5.63. The molecule has 1 heterocycles. The van der Waals surface area contributed by atoms with Gasteiger partial charge in [-0.05, 0) is 40.5 Å². The highest BCUT2D eigenvalue weighted by molar-refractivity contribution is 6.00. The van der Waals surface area contributed by atoms with Crippen molar-refractivity contribution in [1.82, 2.24) is 4.90 Å². The van der Waals surface area contributed by atoms with E-state index >= 15 is 0 Å². The average molecular weight is 521 g/mol. The Bertz CT molecular complexity index is 1380. The number of carbonyl (C=O) groups is 2. The fraction of sp³-hybridized carbons (Fsp3) is 0.212. The summed E-state index contributed by atoms with van der Waals surface area (Å²) in [5.41, 5.74) is 5.21. The summed E-state index contributed by atoms with van der Waals surface area (Å²) in [4.78, 5) is 28.2. The Hall–Kier alpha value is -4.26. The van der Waals surface area contributed by atoms with Crippen molar-refractivity contribution in [3.05, 3.63) is 120 Å². The van der Waals surface area contributed by atoms with E-state index in [1.54, 1.807) is 18.2 Å². The molecule has 0 saturated carbocycles. The zero-order chi connectivity index (χ0) is 26.9. The van der Waals surface area contributed by atoms with Gasteiger partial charge in [-0.1, -0.05) is 84.9 Å². The van der Waals surface area contributed by atoms with E-state index in [-0.39, 0.29) is 24.7 Å². The molecule has 1 amide bonds. The fourth-order valence-electron chi connectivity index (χ4n) is 4.55. The van der Waals surface area contributed by atoms with Crippen molar-refractivity contribution >= 4 is 17.4 Å². The molecule has 198 valence electrons. The lowest BCUT2D eigenvalue weighted by Gasteiger charge is -2.26. The molecule has 1 aliphatic heterocycles. The lowest BCUT2D eigenvalue weighted by atomic mass is 9.99. The molecular weight excluding hydrogens is 488 g/mol. The van der Waals surface area contributed by atoms with Crippen molar-refractivity contribution in [3.8, 4) is 16.9 Å². The molecule has 0 bridgehead atoms. The van der Waals surface area contributed by atoms with Crippen LogP contribution in [0.2, 0.25) is 0 Å². The number of anilines is 1. The van der Waals surface area contributed by atoms with Crippen LogP contribution in [0.1, 0.15) is 21.5 Å². The van der Waals surface area contributed by atoms with Crippen LogP contribution in [0.4, 0.5) is 5.69 Å². The molecule has 6 nitrogen and oxygen atoms in total. The van der Waals surface area contributed by atoms with Gasteiger partial charge in [0.05, 0.1) is 25.4 Å². The van der Waals surface area contributed by atoms with Gasteiger partial charge in [0, 0.05) is 25.1 Å². The number of Topliss-reactive ketones (excluding diaryl/α,β-unsaturated/α-hetero) is 1. The number of ether oxygens (including phenoxy) is 2. The largest absolute Gasteiger partial charge is 0.487 e. The summed E-state index contributed by atoms with van der Waals surface area (Å²) in [6, 6.07) is 33.3. The molecule has 0 atom stereocenters. The molecule has 0 unspecified atom stereocenters. The van der Waals surface area contributed by atoms with Gasteiger partial charge in [-0.15, -0.1) is 0 Å². The van der Waals surface area contributed by atoms with Gasteiger partial charge in [0.2, 0.25) is 5.91 Å². The number of morpholine rings is 1. The summed E-state index contributed by atoms with van der Waals surface area (Å²) >= 11 is 0. The standard InChI is InChI=1S/C33H32N2O4/c36-31(21-25-11-13-28(14-12-25)27-9-5-2-6-10-27)29-15-16-32(39-24-26-7-3-1-4-8-26)30(22-29)34-33(37)23-35-17-19-38-20-18-35/h1-16,22H,17-21,23-24H2,(H,34,37). The second-order valence-electron chi connectivity index (χ2n) is 9.58. The maximum absolute atomic E-state index is 13.2. The highest BCUT2D eigenvalue weighted by Crippen LogP contribution is 2.28. The highest BCUT2D eigenvalue weighted by atomic mass is 16.5. The molecule has 0 radical (unpaired) electrons. The number of nitrogens with zero attached hydrogens (tertiary/aromatic N) is 1. The van der Waals surface area contributed by atoms with Crippen LogP contribution in [0.5, 0.6) is 5.75 Å². The molecule has 39 heavy (non-hydrogen) atoms. The number of hydrogen-bond acceptors (Lipinski definition) is 5. The van der Waals surface area contributed by atoms with E-state index in [4.69, 9.17) is 9.47 Å². The van der Waals surface area contributed by atoms with Gasteiger partial charge >= 0.3 is 0 Å². The first-order valence-corrected chi connectivity index (χ1v) is 13.2. The number of rotatable bonds is 10. The van der Waals surface area contributed by atoms with Crippen LogP contribution in [0.3, 0.4) is 0 Å². The Morgan fingerprint density at radius 2 is 1.44 bits per heavy atom. The topological polar surface area (TPSA) is 67.9 Å². The zero-order valence-corrected chi connectivity index (χ0v) is 21.8. The number of hydrogen-bond donors (Lipinski definition) is 1. The van der Waals surface area contributed by atoms with Gasteiger partial charge in [-0.25, -0.2) is 0 Å². The van der Waals surface area contributed by atoms with Crippen LogP contribution in [-0.2, 0) is 22.6 Å². The minimum atomic E-state index is -0.150. The highest BCUT2D eigenvalue weighted by Gasteiger charge is 2.17. The minimum Gasteiger partial charge on any atom is -0.487 e. The van der Waals surface area contributed by atoms with Crippen molar-refractivity contribution in [2.75, 3.05) is 38.2 Å². The number of benzene rings is 4. The van der Waals surface area contributed by atoms with Crippen LogP contribution in [0.25, 0.3) is 11.1 Å². The van der Waals surface area contributed by atoms with Crippen LogP contribution in [0.15, 0.2) is 103 Å². The Morgan fingerprint density at radius 3 is 2.15 bits per heavy atom. The predicted molar refractivity (Wildman–Crippen MR) is 153 cm³/mol.